The third kappa shape index (κ3) is 4.94. The Morgan fingerprint density at radius 1 is 1.44 bits per heavy atom. The number of para-hydroxylation sites is 1. The standard InChI is InChI=1S/C13H18ClNO3/c1-10(13(17)15-8-4-5-9-16)18-12-7-3-2-6-11(12)14/h2-3,6-7,10,16H,4-5,8-9H2,1H3,(H,15,17). The van der Waals surface area contributed by atoms with E-state index in [1.165, 1.54) is 0 Å². The van der Waals surface area contributed by atoms with Gasteiger partial charge in [-0.05, 0) is 31.9 Å². The molecule has 0 heterocycles. The quantitative estimate of drug-likeness (QED) is 0.746. The number of carbonyl (C=O) groups is 1. The molecule has 0 aliphatic carbocycles. The average molecular weight is 272 g/mol. The fraction of sp³-hybridized carbons (Fsp3) is 0.462. The normalized spacial score (nSPS) is 11.9. The molecule has 1 rings (SSSR count). The Morgan fingerprint density at radius 3 is 2.83 bits per heavy atom. The van der Waals surface area contributed by atoms with Gasteiger partial charge >= 0.3 is 0 Å². The van der Waals surface area contributed by atoms with Gasteiger partial charge in [0.1, 0.15) is 5.75 Å². The summed E-state index contributed by atoms with van der Waals surface area (Å²) in [5, 5.41) is 11.8. The van der Waals surface area contributed by atoms with E-state index in [9.17, 15) is 4.79 Å². The van der Waals surface area contributed by atoms with E-state index in [1.54, 1.807) is 31.2 Å². The van der Waals surface area contributed by atoms with E-state index in [4.69, 9.17) is 21.4 Å². The summed E-state index contributed by atoms with van der Waals surface area (Å²) in [6, 6.07) is 7.03. The Balaban J connectivity index is 2.38. The maximum Gasteiger partial charge on any atom is 0.260 e. The van der Waals surface area contributed by atoms with Crippen LogP contribution in [0.5, 0.6) is 5.75 Å². The molecule has 1 atom stereocenters. The van der Waals surface area contributed by atoms with Gasteiger partial charge in [0.2, 0.25) is 0 Å². The molecule has 0 spiro atoms. The minimum Gasteiger partial charge on any atom is -0.479 e. The molecular formula is C13H18ClNO3. The fourth-order valence-corrected chi connectivity index (χ4v) is 1.56. The molecule has 0 aliphatic heterocycles. The van der Waals surface area contributed by atoms with Crippen molar-refractivity contribution < 1.29 is 14.6 Å². The molecule has 0 saturated heterocycles. The van der Waals surface area contributed by atoms with Crippen molar-refractivity contribution >= 4 is 17.5 Å². The van der Waals surface area contributed by atoms with Gasteiger partial charge in [0, 0.05) is 13.2 Å². The minimum atomic E-state index is -0.598. The Labute approximate surface area is 112 Å². The van der Waals surface area contributed by atoms with Gasteiger partial charge in [0.05, 0.1) is 5.02 Å². The lowest BCUT2D eigenvalue weighted by Crippen LogP contribution is -2.36. The smallest absolute Gasteiger partial charge is 0.260 e. The fourth-order valence-electron chi connectivity index (χ4n) is 1.38. The predicted octanol–water partition coefficient (Wildman–Crippen LogP) is 2.00. The van der Waals surface area contributed by atoms with E-state index >= 15 is 0 Å². The largest absolute Gasteiger partial charge is 0.479 e. The van der Waals surface area contributed by atoms with Gasteiger partial charge in [-0.3, -0.25) is 4.79 Å². The molecule has 1 aromatic carbocycles. The Bertz CT molecular complexity index is 384. The monoisotopic (exact) mass is 271 g/mol. The van der Waals surface area contributed by atoms with Crippen molar-refractivity contribution in [2.75, 3.05) is 13.2 Å². The SMILES string of the molecule is CC(Oc1ccccc1Cl)C(=O)NCCCCO. The summed E-state index contributed by atoms with van der Waals surface area (Å²) in [6.07, 6.45) is 0.834. The number of rotatable bonds is 7. The molecule has 4 nitrogen and oxygen atoms in total. The molecule has 0 radical (unpaired) electrons. The number of aliphatic hydroxyl groups excluding tert-OH is 1. The molecule has 1 aromatic rings. The van der Waals surface area contributed by atoms with Gasteiger partial charge < -0.3 is 15.2 Å². The lowest BCUT2D eigenvalue weighted by molar-refractivity contribution is -0.127. The van der Waals surface area contributed by atoms with Crippen molar-refractivity contribution in [3.05, 3.63) is 29.3 Å². The van der Waals surface area contributed by atoms with Crippen LogP contribution in [0.25, 0.3) is 0 Å². The second kappa shape index (κ2) is 7.95. The number of amides is 1. The molecule has 18 heavy (non-hydrogen) atoms. The van der Waals surface area contributed by atoms with E-state index in [0.717, 1.165) is 6.42 Å². The summed E-state index contributed by atoms with van der Waals surface area (Å²) < 4.78 is 5.47. The molecule has 1 amide bonds. The van der Waals surface area contributed by atoms with Crippen molar-refractivity contribution in [2.45, 2.75) is 25.9 Å². The lowest BCUT2D eigenvalue weighted by Gasteiger charge is -2.15. The van der Waals surface area contributed by atoms with Crippen LogP contribution in [0.2, 0.25) is 5.02 Å². The summed E-state index contributed by atoms with van der Waals surface area (Å²) in [5.74, 6) is 0.310. The van der Waals surface area contributed by atoms with Gasteiger partial charge in [0.25, 0.3) is 5.91 Å². The van der Waals surface area contributed by atoms with Gasteiger partial charge in [-0.1, -0.05) is 23.7 Å². The first-order chi connectivity index (χ1) is 8.65. The van der Waals surface area contributed by atoms with Crippen LogP contribution in [-0.4, -0.2) is 30.3 Å². The highest BCUT2D eigenvalue weighted by molar-refractivity contribution is 6.32. The number of hydrogen-bond donors (Lipinski definition) is 2. The molecular weight excluding hydrogens is 254 g/mol. The summed E-state index contributed by atoms with van der Waals surface area (Å²) in [6.45, 7) is 2.35. The summed E-state index contributed by atoms with van der Waals surface area (Å²) in [5.41, 5.74) is 0. The van der Waals surface area contributed by atoms with Crippen molar-refractivity contribution in [2.24, 2.45) is 0 Å². The van der Waals surface area contributed by atoms with Crippen LogP contribution in [0.3, 0.4) is 0 Å². The van der Waals surface area contributed by atoms with E-state index in [0.29, 0.717) is 23.7 Å². The Hall–Kier alpha value is -1.26. The highest BCUT2D eigenvalue weighted by atomic mass is 35.5. The lowest BCUT2D eigenvalue weighted by atomic mass is 10.3. The Morgan fingerprint density at radius 2 is 2.17 bits per heavy atom. The summed E-state index contributed by atoms with van der Waals surface area (Å²) in [7, 11) is 0. The molecule has 0 bridgehead atoms. The number of nitrogens with one attached hydrogen (secondary N) is 1. The number of unbranched alkanes of at least 4 members (excludes halogenated alkanes) is 1. The zero-order valence-corrected chi connectivity index (χ0v) is 11.1. The molecule has 1 unspecified atom stereocenters. The van der Waals surface area contributed by atoms with Crippen LogP contribution in [0, 0.1) is 0 Å². The third-order valence-electron chi connectivity index (χ3n) is 2.39. The van der Waals surface area contributed by atoms with Gasteiger partial charge in [-0.15, -0.1) is 0 Å². The topological polar surface area (TPSA) is 58.6 Å². The maximum atomic E-state index is 11.7. The van der Waals surface area contributed by atoms with Crippen molar-refractivity contribution in [1.82, 2.24) is 5.32 Å². The summed E-state index contributed by atoms with van der Waals surface area (Å²) >= 11 is 5.93. The van der Waals surface area contributed by atoms with Gasteiger partial charge in [-0.25, -0.2) is 0 Å². The van der Waals surface area contributed by atoms with E-state index < -0.39 is 6.10 Å². The second-order valence-electron chi connectivity index (χ2n) is 3.91. The zero-order valence-electron chi connectivity index (χ0n) is 10.4. The third-order valence-corrected chi connectivity index (χ3v) is 2.71. The summed E-state index contributed by atoms with van der Waals surface area (Å²) in [4.78, 5) is 11.7. The first kappa shape index (κ1) is 14.8. The van der Waals surface area contributed by atoms with Crippen molar-refractivity contribution in [3.8, 4) is 5.75 Å². The predicted molar refractivity (Wildman–Crippen MR) is 70.9 cm³/mol. The van der Waals surface area contributed by atoms with E-state index in [1.807, 2.05) is 0 Å². The molecule has 0 saturated carbocycles. The Kier molecular flexibility index (Phi) is 6.54. The number of aliphatic hydroxyl groups is 1. The molecule has 5 heteroatoms. The average Bonchev–Trinajstić information content (AvgIpc) is 2.37. The molecule has 2 N–H and O–H groups in total. The maximum absolute atomic E-state index is 11.7. The van der Waals surface area contributed by atoms with Gasteiger partial charge in [0.15, 0.2) is 6.10 Å². The van der Waals surface area contributed by atoms with Crippen molar-refractivity contribution in [1.29, 1.82) is 0 Å². The number of halogens is 1. The zero-order chi connectivity index (χ0) is 13.4. The molecule has 0 fully saturated rings. The van der Waals surface area contributed by atoms with Crippen LogP contribution in [0.1, 0.15) is 19.8 Å². The van der Waals surface area contributed by atoms with Crippen LogP contribution < -0.4 is 10.1 Å². The van der Waals surface area contributed by atoms with E-state index in [-0.39, 0.29) is 12.5 Å². The van der Waals surface area contributed by atoms with Crippen molar-refractivity contribution in [3.63, 3.8) is 0 Å². The number of hydrogen-bond acceptors (Lipinski definition) is 3. The van der Waals surface area contributed by atoms with Crippen LogP contribution >= 0.6 is 11.6 Å². The minimum absolute atomic E-state index is 0.140. The first-order valence-electron chi connectivity index (χ1n) is 5.95. The van der Waals surface area contributed by atoms with Gasteiger partial charge in [-0.2, -0.15) is 0 Å². The number of ether oxygens (including phenoxy) is 1. The van der Waals surface area contributed by atoms with Crippen LogP contribution in [-0.2, 0) is 4.79 Å². The molecule has 100 valence electrons. The highest BCUT2D eigenvalue weighted by Crippen LogP contribution is 2.24. The van der Waals surface area contributed by atoms with Crippen LogP contribution in [0.15, 0.2) is 24.3 Å². The second-order valence-corrected chi connectivity index (χ2v) is 4.32. The molecule has 0 aromatic heterocycles. The molecule has 0 aliphatic rings. The number of carbonyl (C=O) groups excluding carboxylic acids is 1. The number of benzene rings is 1. The van der Waals surface area contributed by atoms with Crippen LogP contribution in [0.4, 0.5) is 0 Å². The first-order valence-corrected chi connectivity index (χ1v) is 6.32. The van der Waals surface area contributed by atoms with E-state index in [2.05, 4.69) is 5.32 Å². The highest BCUT2D eigenvalue weighted by Gasteiger charge is 2.14.